The van der Waals surface area contributed by atoms with Crippen LogP contribution >= 0.6 is 0 Å². The second-order valence-corrected chi connectivity index (χ2v) is 5.37. The summed E-state index contributed by atoms with van der Waals surface area (Å²) < 4.78 is 29.2. The normalized spacial score (nSPS) is 11.5. The zero-order chi connectivity index (χ0) is 16.8. The molecule has 4 rings (SSSR count). The number of hydrogen-bond acceptors (Lipinski definition) is 3. The minimum Gasteiger partial charge on any atom is -0.837 e. The van der Waals surface area contributed by atoms with E-state index in [1.54, 1.807) is 6.07 Å². The molecule has 0 atom stereocenters. The molecular formula is C17H12F2N4O. The predicted octanol–water partition coefficient (Wildman–Crippen LogP) is 2.07. The van der Waals surface area contributed by atoms with Crippen LogP contribution in [0.25, 0.3) is 22.2 Å². The van der Waals surface area contributed by atoms with E-state index >= 15 is 0 Å². The number of benzene rings is 2. The highest BCUT2D eigenvalue weighted by molar-refractivity contribution is 5.74. The van der Waals surface area contributed by atoms with Crippen LogP contribution in [-0.2, 0) is 6.42 Å². The van der Waals surface area contributed by atoms with Gasteiger partial charge in [-0.05, 0) is 30.7 Å². The summed E-state index contributed by atoms with van der Waals surface area (Å²) in [6, 6.07) is 10.5. The van der Waals surface area contributed by atoms with Crippen molar-refractivity contribution in [2.75, 3.05) is 0 Å². The van der Waals surface area contributed by atoms with Crippen LogP contribution in [0.3, 0.4) is 0 Å². The molecule has 0 radical (unpaired) electrons. The van der Waals surface area contributed by atoms with Crippen LogP contribution in [0.5, 0.6) is 5.88 Å². The molecule has 120 valence electrons. The molecular weight excluding hydrogens is 314 g/mol. The fraction of sp³-hybridized carbons (Fsp3) is 0.118. The van der Waals surface area contributed by atoms with Gasteiger partial charge in [-0.25, -0.2) is 13.8 Å². The molecule has 4 aromatic rings. The number of halogens is 2. The van der Waals surface area contributed by atoms with Crippen LogP contribution in [0.2, 0.25) is 0 Å². The molecule has 0 saturated carbocycles. The third-order valence-electron chi connectivity index (χ3n) is 3.91. The van der Waals surface area contributed by atoms with Crippen LogP contribution in [0.1, 0.15) is 12.6 Å². The van der Waals surface area contributed by atoms with Crippen molar-refractivity contribution in [3.05, 3.63) is 59.8 Å². The molecule has 0 aliphatic heterocycles. The zero-order valence-electron chi connectivity index (χ0n) is 12.7. The zero-order valence-corrected chi connectivity index (χ0v) is 12.7. The van der Waals surface area contributed by atoms with Crippen LogP contribution in [0.4, 0.5) is 8.78 Å². The minimum atomic E-state index is -1.03. The first kappa shape index (κ1) is 14.5. The van der Waals surface area contributed by atoms with Crippen molar-refractivity contribution in [2.45, 2.75) is 13.3 Å². The third kappa shape index (κ3) is 2.01. The standard InChI is InChI=1S/C17H12F2N4O/c1-2-13-16-17(24)22(10-7-8-11(18)12(19)9-10)21-23(16)15-6-4-3-5-14(15)20-13/h3-9H,2H2,1H3. The molecule has 0 spiro atoms. The van der Waals surface area contributed by atoms with Gasteiger partial charge in [-0.2, -0.15) is 0 Å². The van der Waals surface area contributed by atoms with Gasteiger partial charge in [-0.3, -0.25) is 0 Å². The van der Waals surface area contributed by atoms with Gasteiger partial charge in [-0.1, -0.05) is 23.6 Å². The van der Waals surface area contributed by atoms with Crippen molar-refractivity contribution in [1.29, 1.82) is 0 Å². The fourth-order valence-corrected chi connectivity index (χ4v) is 2.75. The molecule has 2 aromatic carbocycles. The fourth-order valence-electron chi connectivity index (χ4n) is 2.75. The Kier molecular flexibility index (Phi) is 3.16. The van der Waals surface area contributed by atoms with Crippen LogP contribution in [0.15, 0.2) is 42.5 Å². The Morgan fingerprint density at radius 2 is 1.92 bits per heavy atom. The first-order valence-corrected chi connectivity index (χ1v) is 7.45. The van der Waals surface area contributed by atoms with Gasteiger partial charge in [0.05, 0.1) is 5.69 Å². The quantitative estimate of drug-likeness (QED) is 0.530. The van der Waals surface area contributed by atoms with E-state index in [1.807, 2.05) is 25.1 Å². The van der Waals surface area contributed by atoms with Gasteiger partial charge in [0.15, 0.2) is 22.8 Å². The van der Waals surface area contributed by atoms with Gasteiger partial charge in [0, 0.05) is 6.07 Å². The van der Waals surface area contributed by atoms with Crippen molar-refractivity contribution in [3.8, 4) is 11.6 Å². The van der Waals surface area contributed by atoms with E-state index in [0.717, 1.165) is 16.8 Å². The number of hydrogen-bond donors (Lipinski definition) is 0. The molecule has 0 saturated heterocycles. The van der Waals surface area contributed by atoms with E-state index in [1.165, 1.54) is 10.6 Å². The molecule has 0 unspecified atom stereocenters. The predicted molar refractivity (Wildman–Crippen MR) is 80.8 cm³/mol. The van der Waals surface area contributed by atoms with Crippen LogP contribution in [0, 0.1) is 11.6 Å². The minimum absolute atomic E-state index is 0.161. The first-order chi connectivity index (χ1) is 11.6. The lowest BCUT2D eigenvalue weighted by Crippen LogP contribution is -2.27. The summed E-state index contributed by atoms with van der Waals surface area (Å²) >= 11 is 0. The van der Waals surface area contributed by atoms with Gasteiger partial charge in [0.25, 0.3) is 0 Å². The number of aryl methyl sites for hydroxylation is 1. The van der Waals surface area contributed by atoms with E-state index in [0.29, 0.717) is 28.7 Å². The maximum atomic E-state index is 13.5. The summed E-state index contributed by atoms with van der Waals surface area (Å²) in [5.74, 6) is -2.43. The third-order valence-corrected chi connectivity index (χ3v) is 3.91. The Bertz CT molecular complexity index is 1090. The Morgan fingerprint density at radius 1 is 1.12 bits per heavy atom. The second-order valence-electron chi connectivity index (χ2n) is 5.37. The number of nitrogens with zero attached hydrogens (tertiary/aromatic N) is 4. The number of aromatic nitrogens is 4. The molecule has 0 amide bonds. The molecule has 5 nitrogen and oxygen atoms in total. The molecule has 0 aliphatic carbocycles. The topological polar surface area (TPSA) is 57.9 Å². The Morgan fingerprint density at radius 3 is 2.67 bits per heavy atom. The maximum Gasteiger partial charge on any atom is 0.212 e. The summed E-state index contributed by atoms with van der Waals surface area (Å²) in [6.45, 7) is 1.89. The van der Waals surface area contributed by atoms with Crippen molar-refractivity contribution < 1.29 is 18.4 Å². The smallest absolute Gasteiger partial charge is 0.212 e. The summed E-state index contributed by atoms with van der Waals surface area (Å²) in [6.07, 6.45) is 0.549. The van der Waals surface area contributed by atoms with Crippen molar-refractivity contribution in [2.24, 2.45) is 0 Å². The molecule has 2 heterocycles. The van der Waals surface area contributed by atoms with E-state index in [4.69, 9.17) is 0 Å². The number of fused-ring (bicyclic) bond motifs is 3. The molecule has 24 heavy (non-hydrogen) atoms. The van der Waals surface area contributed by atoms with Gasteiger partial charge in [0.2, 0.25) is 5.52 Å². The number of rotatable bonds is 2. The van der Waals surface area contributed by atoms with Crippen molar-refractivity contribution in [3.63, 3.8) is 0 Å². The summed E-state index contributed by atoms with van der Waals surface area (Å²) in [7, 11) is 0. The van der Waals surface area contributed by atoms with Crippen LogP contribution < -0.4 is 9.62 Å². The van der Waals surface area contributed by atoms with E-state index < -0.39 is 17.5 Å². The van der Waals surface area contributed by atoms with Gasteiger partial charge in [0.1, 0.15) is 16.6 Å². The lowest BCUT2D eigenvalue weighted by Gasteiger charge is -2.04. The monoisotopic (exact) mass is 326 g/mol. The second kappa shape index (κ2) is 5.23. The lowest BCUT2D eigenvalue weighted by molar-refractivity contribution is -0.556. The molecule has 0 fully saturated rings. The highest BCUT2D eigenvalue weighted by Crippen LogP contribution is 2.22. The van der Waals surface area contributed by atoms with Crippen LogP contribution in [-0.4, -0.2) is 14.9 Å². The van der Waals surface area contributed by atoms with E-state index in [-0.39, 0.29) is 5.69 Å². The van der Waals surface area contributed by atoms with Crippen molar-refractivity contribution in [1.82, 2.24) is 14.9 Å². The first-order valence-electron chi connectivity index (χ1n) is 7.45. The average molecular weight is 326 g/mol. The maximum absolute atomic E-state index is 13.5. The highest BCUT2D eigenvalue weighted by atomic mass is 19.2. The summed E-state index contributed by atoms with van der Waals surface area (Å²) in [5, 5.41) is 17.1. The van der Waals surface area contributed by atoms with E-state index in [2.05, 4.69) is 10.2 Å². The molecule has 7 heteroatoms. The average Bonchev–Trinajstić information content (AvgIpc) is 2.95. The summed E-state index contributed by atoms with van der Waals surface area (Å²) in [5.41, 5.74) is 2.48. The van der Waals surface area contributed by atoms with Crippen molar-refractivity contribution >= 4 is 16.6 Å². The molecule has 0 N–H and O–H groups in total. The molecule has 0 aliphatic rings. The largest absolute Gasteiger partial charge is 0.837 e. The highest BCUT2D eigenvalue weighted by Gasteiger charge is 2.22. The Balaban J connectivity index is 2.09. The number of para-hydroxylation sites is 2. The SMILES string of the molecule is CCc1nc2ccccc2[n+]2nn(-c3ccc(F)c(F)c3)c([O-])c12. The Labute approximate surface area is 135 Å². The molecule has 0 bridgehead atoms. The van der Waals surface area contributed by atoms with E-state index in [9.17, 15) is 13.9 Å². The Hall–Kier alpha value is -3.09. The molecule has 2 aromatic heterocycles. The van der Waals surface area contributed by atoms with Gasteiger partial charge >= 0.3 is 0 Å². The lowest BCUT2D eigenvalue weighted by atomic mass is 10.2. The van der Waals surface area contributed by atoms with Gasteiger partial charge < -0.3 is 5.11 Å². The van der Waals surface area contributed by atoms with Gasteiger partial charge in [-0.15, -0.1) is 4.68 Å². The summed E-state index contributed by atoms with van der Waals surface area (Å²) in [4.78, 5) is 4.51.